The molecule has 10 nitrogen and oxygen atoms in total. The molecule has 46 heavy (non-hydrogen) atoms. The van der Waals surface area contributed by atoms with Crippen LogP contribution in [0.3, 0.4) is 0 Å². The maximum absolute atomic E-state index is 14.2. The van der Waals surface area contributed by atoms with Crippen molar-refractivity contribution in [1.29, 1.82) is 0 Å². The number of imidazole rings is 1. The molecule has 2 aromatic carbocycles. The first-order valence-electron chi connectivity index (χ1n) is 16.1. The first-order valence-corrected chi connectivity index (χ1v) is 16.5. The van der Waals surface area contributed by atoms with Crippen molar-refractivity contribution in [2.75, 3.05) is 26.9 Å². The molecule has 5 rings (SSSR count). The van der Waals surface area contributed by atoms with Gasteiger partial charge in [0.1, 0.15) is 11.9 Å². The van der Waals surface area contributed by atoms with Crippen LogP contribution in [0.25, 0.3) is 11.0 Å². The summed E-state index contributed by atoms with van der Waals surface area (Å²) < 4.78 is 10.7. The van der Waals surface area contributed by atoms with Gasteiger partial charge in [-0.15, -0.1) is 0 Å². The van der Waals surface area contributed by atoms with E-state index in [2.05, 4.69) is 27.9 Å². The van der Waals surface area contributed by atoms with Crippen molar-refractivity contribution < 1.29 is 23.9 Å². The molecule has 1 aliphatic heterocycles. The Bertz CT molecular complexity index is 1590. The number of hydrogen-bond acceptors (Lipinski definition) is 6. The second-order valence-electron chi connectivity index (χ2n) is 14.0. The lowest BCUT2D eigenvalue weighted by atomic mass is 9.72. The Morgan fingerprint density at radius 2 is 1.76 bits per heavy atom. The number of fused-ring (bicyclic) bond motifs is 1. The molecule has 11 heteroatoms. The Morgan fingerprint density at radius 3 is 2.37 bits per heavy atom. The molecule has 248 valence electrons. The molecule has 0 bridgehead atoms. The Hall–Kier alpha value is -3.63. The lowest BCUT2D eigenvalue weighted by Gasteiger charge is -2.39. The smallest absolute Gasteiger partial charge is 0.407 e. The third-order valence-corrected chi connectivity index (χ3v) is 10.0. The Morgan fingerprint density at radius 1 is 1.07 bits per heavy atom. The number of carbonyl (C=O) groups is 3. The maximum atomic E-state index is 14.2. The molecule has 2 fully saturated rings. The number of halogens is 1. The molecule has 0 unspecified atom stereocenters. The van der Waals surface area contributed by atoms with Crippen LogP contribution in [-0.2, 0) is 24.5 Å². The highest BCUT2D eigenvalue weighted by Gasteiger charge is 2.51. The first kappa shape index (κ1) is 33.7. The topological polar surface area (TPSA) is 134 Å². The summed E-state index contributed by atoms with van der Waals surface area (Å²) in [7, 11) is 1.34. The van der Waals surface area contributed by atoms with E-state index in [1.165, 1.54) is 7.11 Å². The quantitative estimate of drug-likeness (QED) is 0.215. The molecule has 3 aromatic rings. The number of likely N-dealkylation sites (N-methyl/N-ethyl adjacent to an activating group) is 1. The van der Waals surface area contributed by atoms with Gasteiger partial charge in [0.2, 0.25) is 11.8 Å². The summed E-state index contributed by atoms with van der Waals surface area (Å²) in [5.41, 5.74) is 1.68. The van der Waals surface area contributed by atoms with Crippen molar-refractivity contribution in [1.82, 2.24) is 25.9 Å². The third-order valence-electron chi connectivity index (χ3n) is 9.70. The summed E-state index contributed by atoms with van der Waals surface area (Å²) in [5, 5.41) is 9.65. The highest BCUT2D eigenvalue weighted by atomic mass is 35.5. The fraction of sp³-hybridized carbons (Fsp3) is 0.543. The number of nitrogens with one attached hydrogen (secondary N) is 4. The highest BCUT2D eigenvalue weighted by molar-refractivity contribution is 6.31. The standard InChI is InChI=1S/C35H46ClN5O5/c1-7-37-30(42)28(33(2,3)4)41-31(43)35(16-18-46-19-17-35)21-12-13-24-25(20-21)39-29(38-24)27(40-32(44)45-6)26(34(5)14-15-34)22-10-8-9-11-23(22)36/h8-13,20,26-28H,7,14-19H2,1-6H3,(H,37,42)(H,38,39)(H,40,44)(H,41,43)/t26-,27-,28-/m0/s1. The number of aromatic amines is 1. The summed E-state index contributed by atoms with van der Waals surface area (Å²) in [4.78, 5) is 48.4. The summed E-state index contributed by atoms with van der Waals surface area (Å²) in [5.74, 6) is -0.00537. The monoisotopic (exact) mass is 651 g/mol. The van der Waals surface area contributed by atoms with Gasteiger partial charge in [0.05, 0.1) is 29.6 Å². The summed E-state index contributed by atoms with van der Waals surface area (Å²) in [6.45, 7) is 11.2. The van der Waals surface area contributed by atoms with E-state index in [0.29, 0.717) is 49.0 Å². The highest BCUT2D eigenvalue weighted by Crippen LogP contribution is 2.60. The van der Waals surface area contributed by atoms with Gasteiger partial charge in [0.25, 0.3) is 0 Å². The van der Waals surface area contributed by atoms with Crippen LogP contribution in [0.5, 0.6) is 0 Å². The zero-order valence-corrected chi connectivity index (χ0v) is 28.3. The fourth-order valence-corrected chi connectivity index (χ4v) is 7.00. The number of ether oxygens (including phenoxy) is 2. The zero-order chi connectivity index (χ0) is 33.3. The molecule has 1 aromatic heterocycles. The molecular weight excluding hydrogens is 606 g/mol. The van der Waals surface area contributed by atoms with Gasteiger partial charge in [-0.3, -0.25) is 9.59 Å². The molecule has 1 saturated carbocycles. The van der Waals surface area contributed by atoms with Crippen LogP contribution < -0.4 is 16.0 Å². The van der Waals surface area contributed by atoms with Gasteiger partial charge >= 0.3 is 6.09 Å². The summed E-state index contributed by atoms with van der Waals surface area (Å²) in [6.07, 6.45) is 2.34. The average molecular weight is 652 g/mol. The van der Waals surface area contributed by atoms with Crippen molar-refractivity contribution in [2.45, 2.75) is 83.7 Å². The van der Waals surface area contributed by atoms with E-state index in [9.17, 15) is 14.4 Å². The molecule has 1 aliphatic carbocycles. The number of carbonyl (C=O) groups excluding carboxylic acids is 3. The van der Waals surface area contributed by atoms with E-state index in [-0.39, 0.29) is 23.1 Å². The van der Waals surface area contributed by atoms with E-state index in [1.54, 1.807) is 0 Å². The minimum atomic E-state index is -0.904. The molecule has 1 saturated heterocycles. The number of hydrogen-bond donors (Lipinski definition) is 4. The van der Waals surface area contributed by atoms with Crippen molar-refractivity contribution in [3.05, 3.63) is 64.4 Å². The van der Waals surface area contributed by atoms with Crippen molar-refractivity contribution in [3.8, 4) is 0 Å². The predicted molar refractivity (Wildman–Crippen MR) is 178 cm³/mol. The molecule has 0 radical (unpaired) electrons. The number of methoxy groups -OCH3 is 1. The molecule has 2 heterocycles. The minimum Gasteiger partial charge on any atom is -0.453 e. The molecular formula is C35H46ClN5O5. The number of H-pyrrole nitrogens is 1. The number of amides is 3. The molecule has 3 amide bonds. The lowest BCUT2D eigenvalue weighted by molar-refractivity contribution is -0.137. The van der Waals surface area contributed by atoms with Gasteiger partial charge in [-0.25, -0.2) is 9.78 Å². The fourth-order valence-electron chi connectivity index (χ4n) is 6.75. The lowest BCUT2D eigenvalue weighted by Crippen LogP contribution is -2.58. The van der Waals surface area contributed by atoms with E-state index in [1.807, 2.05) is 70.2 Å². The number of alkyl carbamates (subject to hydrolysis) is 1. The zero-order valence-electron chi connectivity index (χ0n) is 27.6. The maximum Gasteiger partial charge on any atom is 0.407 e. The van der Waals surface area contributed by atoms with Crippen LogP contribution in [-0.4, -0.2) is 60.8 Å². The SMILES string of the molecule is CCNC(=O)[C@H](NC(=O)C1(c2ccc3nc([C@@H](NC(=O)OC)[C@H](c4ccccc4Cl)C4(C)CC4)[nH]c3c2)CCOCC1)C(C)(C)C. The van der Waals surface area contributed by atoms with Crippen molar-refractivity contribution in [3.63, 3.8) is 0 Å². The van der Waals surface area contributed by atoms with Crippen molar-refractivity contribution >= 4 is 40.5 Å². The number of rotatable bonds is 10. The second-order valence-corrected chi connectivity index (χ2v) is 14.4. The Kier molecular flexibility index (Phi) is 9.70. The second kappa shape index (κ2) is 13.2. The van der Waals surface area contributed by atoms with Crippen LogP contribution in [0.2, 0.25) is 5.02 Å². The van der Waals surface area contributed by atoms with Crippen LogP contribution >= 0.6 is 11.6 Å². The molecule has 4 N–H and O–H groups in total. The Labute approximate surface area is 275 Å². The average Bonchev–Trinajstić information content (AvgIpc) is 3.62. The van der Waals surface area contributed by atoms with Crippen LogP contribution in [0, 0.1) is 10.8 Å². The molecule has 3 atom stereocenters. The van der Waals surface area contributed by atoms with E-state index < -0.39 is 29.0 Å². The normalized spacial score (nSPS) is 19.0. The number of aromatic nitrogens is 2. The minimum absolute atomic E-state index is 0.0985. The predicted octanol–water partition coefficient (Wildman–Crippen LogP) is 5.91. The Balaban J connectivity index is 1.55. The van der Waals surface area contributed by atoms with E-state index in [4.69, 9.17) is 26.1 Å². The van der Waals surface area contributed by atoms with Crippen LogP contribution in [0.15, 0.2) is 42.5 Å². The van der Waals surface area contributed by atoms with Crippen LogP contribution in [0.1, 0.15) is 89.2 Å². The van der Waals surface area contributed by atoms with Gasteiger partial charge < -0.3 is 30.4 Å². The van der Waals surface area contributed by atoms with Gasteiger partial charge in [0.15, 0.2) is 0 Å². The first-order chi connectivity index (χ1) is 21.8. The summed E-state index contributed by atoms with van der Waals surface area (Å²) >= 11 is 6.74. The van der Waals surface area contributed by atoms with Gasteiger partial charge in [0, 0.05) is 30.7 Å². The van der Waals surface area contributed by atoms with Crippen LogP contribution in [0.4, 0.5) is 4.79 Å². The number of benzene rings is 2. The van der Waals surface area contributed by atoms with E-state index >= 15 is 0 Å². The molecule has 2 aliphatic rings. The van der Waals surface area contributed by atoms with Gasteiger partial charge in [-0.05, 0) is 72.8 Å². The number of nitrogens with zero attached hydrogens (tertiary/aromatic N) is 1. The third kappa shape index (κ3) is 6.74. The van der Waals surface area contributed by atoms with Gasteiger partial charge in [-0.1, -0.05) is 63.6 Å². The van der Waals surface area contributed by atoms with E-state index in [0.717, 1.165) is 29.5 Å². The van der Waals surface area contributed by atoms with Crippen molar-refractivity contribution in [2.24, 2.45) is 10.8 Å². The molecule has 0 spiro atoms. The van der Waals surface area contributed by atoms with Gasteiger partial charge in [-0.2, -0.15) is 0 Å². The largest absolute Gasteiger partial charge is 0.453 e. The summed E-state index contributed by atoms with van der Waals surface area (Å²) in [6, 6.07) is 12.3.